The Labute approximate surface area is 270 Å². The minimum absolute atomic E-state index is 0.0452. The van der Waals surface area contributed by atoms with Gasteiger partial charge in [0.1, 0.15) is 22.2 Å². The third kappa shape index (κ3) is 8.75. The molecule has 45 heavy (non-hydrogen) atoms. The zero-order valence-corrected chi connectivity index (χ0v) is 26.4. The minimum Gasteiger partial charge on any atom is -0.619 e. The van der Waals surface area contributed by atoms with Gasteiger partial charge in [-0.25, -0.2) is 8.42 Å². The number of rotatable bonds is 14. The number of esters is 1. The van der Waals surface area contributed by atoms with Gasteiger partial charge in [-0.3, -0.25) is 9.69 Å². The van der Waals surface area contributed by atoms with E-state index in [0.717, 1.165) is 25.2 Å². The fourth-order valence-corrected chi connectivity index (χ4v) is 7.11. The Morgan fingerprint density at radius 3 is 2.42 bits per heavy atom. The summed E-state index contributed by atoms with van der Waals surface area (Å²) >= 11 is 12.7. The zero-order valence-electron chi connectivity index (χ0n) is 24.1. The van der Waals surface area contributed by atoms with E-state index in [9.17, 15) is 27.2 Å². The van der Waals surface area contributed by atoms with Gasteiger partial charge in [0.15, 0.2) is 33.7 Å². The summed E-state index contributed by atoms with van der Waals surface area (Å²) in [6.07, 6.45) is 4.24. The zero-order chi connectivity index (χ0) is 32.1. The molecule has 242 valence electrons. The quantitative estimate of drug-likeness (QED) is 0.119. The summed E-state index contributed by atoms with van der Waals surface area (Å²) in [7, 11) is -3.57. The number of alkyl halides is 2. The molecule has 0 unspecified atom stereocenters. The van der Waals surface area contributed by atoms with Gasteiger partial charge < -0.3 is 19.4 Å². The highest BCUT2D eigenvalue weighted by Gasteiger charge is 2.35. The van der Waals surface area contributed by atoms with E-state index in [1.807, 2.05) is 0 Å². The second-order valence-electron chi connectivity index (χ2n) is 11.1. The number of carbonyl (C=O) groups is 1. The molecule has 2 fully saturated rings. The van der Waals surface area contributed by atoms with E-state index in [4.69, 9.17) is 32.7 Å². The minimum atomic E-state index is -3.57. The molecule has 2 atom stereocenters. The van der Waals surface area contributed by atoms with Gasteiger partial charge in [0.05, 0.1) is 17.3 Å². The summed E-state index contributed by atoms with van der Waals surface area (Å²) in [5, 5.41) is 12.0. The van der Waals surface area contributed by atoms with Gasteiger partial charge >= 0.3 is 12.6 Å². The topological polar surface area (TPSA) is 109 Å². The predicted molar refractivity (Wildman–Crippen MR) is 162 cm³/mol. The van der Waals surface area contributed by atoms with Crippen molar-refractivity contribution >= 4 is 39.0 Å². The van der Waals surface area contributed by atoms with Gasteiger partial charge in [0.25, 0.3) is 0 Å². The second kappa shape index (κ2) is 14.5. The Bertz CT molecular complexity index is 1590. The van der Waals surface area contributed by atoms with Crippen LogP contribution in [-0.4, -0.2) is 57.4 Å². The van der Waals surface area contributed by atoms with Crippen molar-refractivity contribution in [2.45, 2.75) is 55.8 Å². The molecule has 1 aromatic heterocycles. The maximum absolute atomic E-state index is 13.7. The maximum atomic E-state index is 13.7. The maximum Gasteiger partial charge on any atom is 0.387 e. The number of likely N-dealkylation sites (tertiary alicyclic amines) is 1. The fourth-order valence-electron chi connectivity index (χ4n) is 5.22. The van der Waals surface area contributed by atoms with Crippen molar-refractivity contribution in [1.29, 1.82) is 0 Å². The van der Waals surface area contributed by atoms with Crippen LogP contribution in [0, 0.1) is 11.1 Å². The van der Waals surface area contributed by atoms with Crippen LogP contribution in [0.2, 0.25) is 10.0 Å². The van der Waals surface area contributed by atoms with E-state index in [1.54, 1.807) is 23.1 Å². The molecule has 2 aliphatic rings. The summed E-state index contributed by atoms with van der Waals surface area (Å²) in [5.74, 6) is -0.546. The number of ether oxygens (including phenoxy) is 3. The molecular formula is C31H32Cl2F2N2O7S. The fraction of sp³-hybridized carbons (Fsp3) is 0.419. The second-order valence-corrected chi connectivity index (χ2v) is 14.0. The molecule has 5 rings (SSSR count). The molecule has 0 spiro atoms. The Hall–Kier alpha value is -3.19. The van der Waals surface area contributed by atoms with Gasteiger partial charge in [-0.2, -0.15) is 13.5 Å². The standard InChI is InChI=1S/C31H32Cl2F2N2O7S/c32-24-17-37(39)18-25(33)23(24)16-28(21-10-11-27(44-31(34)35)29(15-21)42-19-20-8-9-20)43-30(38)26-7-4-12-36(26)13-14-45(40,41)22-5-2-1-3-6-22/h1-3,5-6,10-11,15,17-18,20,26,28,31H,4,7-9,12-14,16,19H2/t26-,28-/m0/s1. The third-order valence-electron chi connectivity index (χ3n) is 7.82. The third-order valence-corrected chi connectivity index (χ3v) is 10.2. The Balaban J connectivity index is 1.39. The van der Waals surface area contributed by atoms with Crippen LogP contribution in [0.25, 0.3) is 0 Å². The van der Waals surface area contributed by atoms with Crippen LogP contribution in [0.5, 0.6) is 11.5 Å². The first kappa shape index (κ1) is 33.2. The summed E-state index contributed by atoms with van der Waals surface area (Å²) in [6.45, 7) is -2.13. The van der Waals surface area contributed by atoms with E-state index in [1.165, 1.54) is 30.3 Å². The van der Waals surface area contributed by atoms with Crippen molar-refractivity contribution in [2.75, 3.05) is 25.4 Å². The van der Waals surface area contributed by atoms with Crippen LogP contribution in [-0.2, 0) is 25.8 Å². The van der Waals surface area contributed by atoms with Crippen LogP contribution in [0.4, 0.5) is 8.78 Å². The Morgan fingerprint density at radius 2 is 1.76 bits per heavy atom. The lowest BCUT2D eigenvalue weighted by Crippen LogP contribution is -2.40. The molecule has 1 saturated heterocycles. The SMILES string of the molecule is O=C(O[C@@H](Cc1c(Cl)c[n+]([O-])cc1Cl)c1ccc(OC(F)F)c(OCC2CC2)c1)[C@@H]1CCCN1CCS(=O)(=O)c1ccccc1. The molecule has 0 amide bonds. The largest absolute Gasteiger partial charge is 0.619 e. The molecule has 2 aromatic carbocycles. The van der Waals surface area contributed by atoms with Crippen LogP contribution >= 0.6 is 23.2 Å². The number of nitrogens with zero attached hydrogens (tertiary/aromatic N) is 2. The number of hydrogen-bond donors (Lipinski definition) is 0. The molecule has 0 radical (unpaired) electrons. The van der Waals surface area contributed by atoms with Gasteiger partial charge in [0, 0.05) is 18.5 Å². The van der Waals surface area contributed by atoms with Crippen molar-refractivity contribution in [3.05, 3.63) is 87.3 Å². The highest BCUT2D eigenvalue weighted by Crippen LogP contribution is 2.38. The van der Waals surface area contributed by atoms with Crippen LogP contribution in [0.1, 0.15) is 42.9 Å². The molecule has 3 aromatic rings. The predicted octanol–water partition coefficient (Wildman–Crippen LogP) is 5.78. The summed E-state index contributed by atoms with van der Waals surface area (Å²) in [5.41, 5.74) is 0.742. The number of aromatic nitrogens is 1. The van der Waals surface area contributed by atoms with Crippen molar-refractivity contribution in [2.24, 2.45) is 5.92 Å². The molecule has 0 N–H and O–H groups in total. The van der Waals surface area contributed by atoms with Crippen LogP contribution in [0.3, 0.4) is 0 Å². The smallest absolute Gasteiger partial charge is 0.387 e. The monoisotopic (exact) mass is 684 g/mol. The molecule has 2 heterocycles. The Kier molecular flexibility index (Phi) is 10.7. The first-order valence-electron chi connectivity index (χ1n) is 14.5. The number of benzene rings is 2. The number of hydrogen-bond acceptors (Lipinski definition) is 8. The first-order chi connectivity index (χ1) is 21.5. The van der Waals surface area contributed by atoms with Crippen molar-refractivity contribution in [1.82, 2.24) is 4.90 Å². The number of sulfone groups is 1. The van der Waals surface area contributed by atoms with Crippen molar-refractivity contribution in [3.63, 3.8) is 0 Å². The molecular weight excluding hydrogens is 653 g/mol. The van der Waals surface area contributed by atoms with E-state index < -0.39 is 34.6 Å². The first-order valence-corrected chi connectivity index (χ1v) is 16.9. The Morgan fingerprint density at radius 1 is 1.04 bits per heavy atom. The van der Waals surface area contributed by atoms with Crippen molar-refractivity contribution < 1.29 is 40.9 Å². The highest BCUT2D eigenvalue weighted by molar-refractivity contribution is 7.91. The molecule has 0 bridgehead atoms. The van der Waals surface area contributed by atoms with E-state index >= 15 is 0 Å². The highest BCUT2D eigenvalue weighted by atomic mass is 35.5. The average Bonchev–Trinajstić information content (AvgIpc) is 3.71. The molecule has 9 nitrogen and oxygen atoms in total. The number of carbonyl (C=O) groups excluding carboxylic acids is 1. The lowest BCUT2D eigenvalue weighted by molar-refractivity contribution is -0.605. The van der Waals surface area contributed by atoms with E-state index in [0.29, 0.717) is 47.8 Å². The van der Waals surface area contributed by atoms with Crippen LogP contribution < -0.4 is 14.2 Å². The number of halogens is 4. The lowest BCUT2D eigenvalue weighted by Gasteiger charge is -2.26. The summed E-state index contributed by atoms with van der Waals surface area (Å²) in [6, 6.07) is 11.7. The number of pyridine rings is 1. The summed E-state index contributed by atoms with van der Waals surface area (Å²) < 4.78 is 69.1. The van der Waals surface area contributed by atoms with E-state index in [2.05, 4.69) is 4.74 Å². The van der Waals surface area contributed by atoms with Gasteiger partial charge in [0.2, 0.25) is 0 Å². The molecule has 14 heteroatoms. The molecule has 1 aliphatic heterocycles. The summed E-state index contributed by atoms with van der Waals surface area (Å²) in [4.78, 5) is 15.7. The lowest BCUT2D eigenvalue weighted by atomic mass is 10.0. The van der Waals surface area contributed by atoms with Crippen LogP contribution in [0.15, 0.2) is 65.8 Å². The molecule has 1 aliphatic carbocycles. The average molecular weight is 686 g/mol. The van der Waals surface area contributed by atoms with Gasteiger partial charge in [-0.05, 0) is 68.0 Å². The van der Waals surface area contributed by atoms with Crippen molar-refractivity contribution in [3.8, 4) is 11.5 Å². The van der Waals surface area contributed by atoms with E-state index in [-0.39, 0.29) is 45.2 Å². The normalized spacial score (nSPS) is 17.8. The van der Waals surface area contributed by atoms with Gasteiger partial charge in [-0.15, -0.1) is 0 Å². The molecule has 1 saturated carbocycles. The van der Waals surface area contributed by atoms with Gasteiger partial charge in [-0.1, -0.05) is 47.5 Å².